The zero-order valence-electron chi connectivity index (χ0n) is 8.03. The Balaban J connectivity index is 2.03. The summed E-state index contributed by atoms with van der Waals surface area (Å²) in [6.07, 6.45) is 3.06. The van der Waals surface area contributed by atoms with Gasteiger partial charge in [-0.3, -0.25) is 9.78 Å². The van der Waals surface area contributed by atoms with Crippen LogP contribution >= 0.6 is 0 Å². The lowest BCUT2D eigenvalue weighted by Crippen LogP contribution is -2.17. The topological polar surface area (TPSA) is 30.0 Å². The van der Waals surface area contributed by atoms with Gasteiger partial charge in [0.05, 0.1) is 5.41 Å². The Bertz CT molecular complexity index is 352. The number of nitrogens with zero attached hydrogens (tertiary/aromatic N) is 1. The molecule has 2 rings (SSSR count). The van der Waals surface area contributed by atoms with Crippen molar-refractivity contribution in [3.05, 3.63) is 30.1 Å². The van der Waals surface area contributed by atoms with E-state index in [4.69, 9.17) is 0 Å². The third-order valence-electron chi connectivity index (χ3n) is 2.89. The fraction of sp³-hybridized carbons (Fsp3) is 0.455. The number of hydrogen-bond acceptors (Lipinski definition) is 2. The van der Waals surface area contributed by atoms with Gasteiger partial charge >= 0.3 is 0 Å². The monoisotopic (exact) mass is 193 g/mol. The molecule has 1 saturated carbocycles. The molecule has 0 aromatic carbocycles. The van der Waals surface area contributed by atoms with Gasteiger partial charge in [-0.25, -0.2) is 4.39 Å². The van der Waals surface area contributed by atoms with E-state index in [1.54, 1.807) is 31.5 Å². The molecule has 1 aromatic heterocycles. The summed E-state index contributed by atoms with van der Waals surface area (Å²) in [7, 11) is 0. The number of rotatable bonds is 3. The number of aromatic nitrogens is 1. The van der Waals surface area contributed by atoms with E-state index in [0.717, 1.165) is 5.56 Å². The van der Waals surface area contributed by atoms with Crippen LogP contribution in [0.1, 0.15) is 18.9 Å². The second-order valence-corrected chi connectivity index (χ2v) is 4.04. The average Bonchev–Trinajstić information content (AvgIpc) is 2.78. The van der Waals surface area contributed by atoms with E-state index in [-0.39, 0.29) is 5.78 Å². The van der Waals surface area contributed by atoms with E-state index >= 15 is 0 Å². The van der Waals surface area contributed by atoms with E-state index in [2.05, 4.69) is 4.98 Å². The molecule has 2 unspecified atom stereocenters. The molecule has 14 heavy (non-hydrogen) atoms. The minimum Gasteiger partial charge on any atom is -0.299 e. The van der Waals surface area contributed by atoms with Gasteiger partial charge in [-0.1, -0.05) is 0 Å². The third-order valence-corrected chi connectivity index (χ3v) is 2.89. The van der Waals surface area contributed by atoms with Crippen LogP contribution in [0, 0.1) is 5.41 Å². The predicted molar refractivity (Wildman–Crippen MR) is 50.6 cm³/mol. The van der Waals surface area contributed by atoms with Crippen LogP contribution in [0.3, 0.4) is 0 Å². The molecule has 0 saturated heterocycles. The Labute approximate surface area is 82.2 Å². The standard InChI is InChI=1S/C11H12FNO/c1-11(7-9(11)12)10(14)6-8-2-4-13-5-3-8/h2-5,9H,6-7H2,1H3. The van der Waals surface area contributed by atoms with Crippen LogP contribution in [0.2, 0.25) is 0 Å². The second-order valence-electron chi connectivity index (χ2n) is 4.04. The van der Waals surface area contributed by atoms with Gasteiger partial charge in [0.15, 0.2) is 0 Å². The molecule has 0 radical (unpaired) electrons. The SMILES string of the molecule is CC1(C(=O)Cc2ccncc2)CC1F. The molecule has 3 heteroatoms. The number of carbonyl (C=O) groups is 1. The number of hydrogen-bond donors (Lipinski definition) is 0. The maximum atomic E-state index is 12.9. The van der Waals surface area contributed by atoms with Gasteiger partial charge in [-0.05, 0) is 31.0 Å². The van der Waals surface area contributed by atoms with E-state index in [9.17, 15) is 9.18 Å². The molecule has 1 heterocycles. The average molecular weight is 193 g/mol. The summed E-state index contributed by atoms with van der Waals surface area (Å²) in [4.78, 5) is 15.5. The lowest BCUT2D eigenvalue weighted by molar-refractivity contribution is -0.123. The van der Waals surface area contributed by atoms with Crippen molar-refractivity contribution in [2.75, 3.05) is 0 Å². The number of alkyl halides is 1. The Hall–Kier alpha value is -1.25. The van der Waals surface area contributed by atoms with Gasteiger partial charge in [0.2, 0.25) is 0 Å². The summed E-state index contributed by atoms with van der Waals surface area (Å²) in [5.74, 6) is -0.00352. The molecule has 0 spiro atoms. The number of halogens is 1. The highest BCUT2D eigenvalue weighted by Gasteiger charge is 2.56. The largest absolute Gasteiger partial charge is 0.299 e. The summed E-state index contributed by atoms with van der Waals surface area (Å²) in [6, 6.07) is 3.58. The van der Waals surface area contributed by atoms with Crippen molar-refractivity contribution in [3.8, 4) is 0 Å². The van der Waals surface area contributed by atoms with Gasteiger partial charge in [-0.15, -0.1) is 0 Å². The Morgan fingerprint density at radius 1 is 1.64 bits per heavy atom. The quantitative estimate of drug-likeness (QED) is 0.734. The van der Waals surface area contributed by atoms with Crippen LogP contribution < -0.4 is 0 Å². The van der Waals surface area contributed by atoms with Crippen LogP contribution in [0.5, 0.6) is 0 Å². The molecular weight excluding hydrogens is 181 g/mol. The minimum atomic E-state index is -0.933. The molecule has 0 aliphatic heterocycles. The highest BCUT2D eigenvalue weighted by Crippen LogP contribution is 2.49. The van der Waals surface area contributed by atoms with E-state index < -0.39 is 11.6 Å². The van der Waals surface area contributed by atoms with Crippen LogP contribution in [0.4, 0.5) is 4.39 Å². The van der Waals surface area contributed by atoms with Crippen molar-refractivity contribution >= 4 is 5.78 Å². The highest BCUT2D eigenvalue weighted by atomic mass is 19.1. The molecule has 2 nitrogen and oxygen atoms in total. The fourth-order valence-corrected chi connectivity index (χ4v) is 1.49. The number of ketones is 1. The van der Waals surface area contributed by atoms with Gasteiger partial charge in [0.25, 0.3) is 0 Å². The number of Topliss-reactive ketones (excluding diaryl/α,β-unsaturated/α-hetero) is 1. The van der Waals surface area contributed by atoms with Crippen molar-refractivity contribution in [2.24, 2.45) is 5.41 Å². The van der Waals surface area contributed by atoms with Crippen molar-refractivity contribution in [1.82, 2.24) is 4.98 Å². The summed E-state index contributed by atoms with van der Waals surface area (Å²) in [6.45, 7) is 1.70. The van der Waals surface area contributed by atoms with E-state index in [0.29, 0.717) is 12.8 Å². The second kappa shape index (κ2) is 3.15. The Morgan fingerprint density at radius 3 is 2.71 bits per heavy atom. The van der Waals surface area contributed by atoms with Crippen LogP contribution in [0.15, 0.2) is 24.5 Å². The van der Waals surface area contributed by atoms with Crippen molar-refractivity contribution in [2.45, 2.75) is 25.9 Å². The van der Waals surface area contributed by atoms with Gasteiger partial charge in [-0.2, -0.15) is 0 Å². The zero-order valence-corrected chi connectivity index (χ0v) is 8.03. The molecule has 0 amide bonds. The van der Waals surface area contributed by atoms with E-state index in [1.807, 2.05) is 0 Å². The molecule has 1 fully saturated rings. The minimum absolute atomic E-state index is 0.00352. The molecular formula is C11H12FNO. The first-order valence-corrected chi connectivity index (χ1v) is 4.69. The molecule has 74 valence electrons. The first-order chi connectivity index (χ1) is 6.63. The van der Waals surface area contributed by atoms with Crippen LogP contribution in [-0.2, 0) is 11.2 Å². The molecule has 0 N–H and O–H groups in total. The summed E-state index contributed by atoms with van der Waals surface area (Å²) >= 11 is 0. The smallest absolute Gasteiger partial charge is 0.146 e. The molecule has 1 aliphatic rings. The Morgan fingerprint density at radius 2 is 2.21 bits per heavy atom. The maximum Gasteiger partial charge on any atom is 0.146 e. The van der Waals surface area contributed by atoms with Crippen molar-refractivity contribution in [3.63, 3.8) is 0 Å². The first-order valence-electron chi connectivity index (χ1n) is 4.69. The Kier molecular flexibility index (Phi) is 2.10. The van der Waals surface area contributed by atoms with Gasteiger partial charge in [0, 0.05) is 18.8 Å². The maximum absolute atomic E-state index is 12.9. The highest BCUT2D eigenvalue weighted by molar-refractivity contribution is 5.89. The first kappa shape index (κ1) is 9.31. The molecule has 1 aliphatic carbocycles. The van der Waals surface area contributed by atoms with Crippen LogP contribution in [-0.4, -0.2) is 16.9 Å². The number of pyridine rings is 1. The fourth-order valence-electron chi connectivity index (χ4n) is 1.49. The summed E-state index contributed by atoms with van der Waals surface area (Å²) < 4.78 is 12.9. The van der Waals surface area contributed by atoms with Gasteiger partial charge in [0.1, 0.15) is 12.0 Å². The molecule has 0 bridgehead atoms. The third kappa shape index (κ3) is 1.54. The zero-order chi connectivity index (χ0) is 10.2. The normalized spacial score (nSPS) is 30.0. The summed E-state index contributed by atoms with van der Waals surface area (Å²) in [5.41, 5.74) is 0.203. The number of carbonyl (C=O) groups excluding carboxylic acids is 1. The van der Waals surface area contributed by atoms with E-state index in [1.165, 1.54) is 0 Å². The lowest BCUT2D eigenvalue weighted by atomic mass is 9.97. The van der Waals surface area contributed by atoms with Crippen molar-refractivity contribution in [1.29, 1.82) is 0 Å². The van der Waals surface area contributed by atoms with Crippen LogP contribution in [0.25, 0.3) is 0 Å². The summed E-state index contributed by atoms with van der Waals surface area (Å²) in [5, 5.41) is 0. The lowest BCUT2D eigenvalue weighted by Gasteiger charge is -2.06. The predicted octanol–water partition coefficient (Wildman–Crippen LogP) is 1.94. The molecule has 2 atom stereocenters. The van der Waals surface area contributed by atoms with Gasteiger partial charge < -0.3 is 0 Å². The molecule has 1 aromatic rings. The van der Waals surface area contributed by atoms with Crippen molar-refractivity contribution < 1.29 is 9.18 Å².